The molecule has 42 valence electrons. The highest BCUT2D eigenvalue weighted by molar-refractivity contribution is 7.06. The third kappa shape index (κ3) is 0.924. The molecule has 0 N–H and O–H groups in total. The Balaban J connectivity index is 2.93. The quantitative estimate of drug-likeness (QED) is 0.570. The van der Waals surface area contributed by atoms with Crippen molar-refractivity contribution in [1.29, 1.82) is 0 Å². The summed E-state index contributed by atoms with van der Waals surface area (Å²) in [6, 6.07) is 0. The largest absolute Gasteiger partial charge is 0.223 e. The van der Waals surface area contributed by atoms with E-state index < -0.39 is 0 Å². The van der Waals surface area contributed by atoms with Crippen LogP contribution in [0.4, 0.5) is 0 Å². The van der Waals surface area contributed by atoms with Crippen molar-refractivity contribution in [3.05, 3.63) is 17.9 Å². The third-order valence-electron chi connectivity index (χ3n) is 0.726. The molecule has 0 fully saturated rings. The topological polar surface area (TPSA) is 25.8 Å². The van der Waals surface area contributed by atoms with Gasteiger partial charge in [-0.25, -0.2) is 4.98 Å². The van der Waals surface area contributed by atoms with Crippen LogP contribution in [-0.4, -0.2) is 9.36 Å². The number of hydrogen-bond donors (Lipinski definition) is 0. The molecule has 0 bridgehead atoms. The Morgan fingerprint density at radius 2 is 2.62 bits per heavy atom. The van der Waals surface area contributed by atoms with Gasteiger partial charge in [-0.1, -0.05) is 6.58 Å². The summed E-state index contributed by atoms with van der Waals surface area (Å²) in [5.41, 5.74) is 0.979. The van der Waals surface area contributed by atoms with Gasteiger partial charge in [0.25, 0.3) is 0 Å². The number of aromatic nitrogens is 2. The van der Waals surface area contributed by atoms with Crippen molar-refractivity contribution in [2.75, 3.05) is 0 Å². The van der Waals surface area contributed by atoms with Gasteiger partial charge in [0.2, 0.25) is 0 Å². The standard InChI is InChI=1S/C5H6N2S/c1-4(2)5-6-3-7-8-5/h3H,1H2,2H3. The number of rotatable bonds is 1. The van der Waals surface area contributed by atoms with E-state index in [9.17, 15) is 0 Å². The van der Waals surface area contributed by atoms with E-state index in [1.807, 2.05) is 6.92 Å². The van der Waals surface area contributed by atoms with Gasteiger partial charge in [-0.05, 0) is 24.0 Å². The maximum Gasteiger partial charge on any atom is 0.138 e. The van der Waals surface area contributed by atoms with Crippen LogP contribution in [0.15, 0.2) is 12.9 Å². The van der Waals surface area contributed by atoms with E-state index in [-0.39, 0.29) is 0 Å². The molecule has 0 unspecified atom stereocenters. The molecule has 1 rings (SSSR count). The van der Waals surface area contributed by atoms with E-state index in [0.717, 1.165) is 10.6 Å². The third-order valence-corrected chi connectivity index (χ3v) is 1.55. The summed E-state index contributed by atoms with van der Waals surface area (Å²) in [5, 5.41) is 0.921. The molecule has 0 atom stereocenters. The Morgan fingerprint density at radius 1 is 1.88 bits per heavy atom. The summed E-state index contributed by atoms with van der Waals surface area (Å²) in [7, 11) is 0. The zero-order valence-electron chi connectivity index (χ0n) is 4.59. The van der Waals surface area contributed by atoms with E-state index in [1.165, 1.54) is 17.9 Å². The average molecular weight is 126 g/mol. The molecule has 2 nitrogen and oxygen atoms in total. The van der Waals surface area contributed by atoms with E-state index in [0.29, 0.717) is 0 Å². The summed E-state index contributed by atoms with van der Waals surface area (Å²) < 4.78 is 3.81. The molecule has 0 amide bonds. The van der Waals surface area contributed by atoms with Crippen LogP contribution in [0.25, 0.3) is 5.57 Å². The molecule has 1 heterocycles. The van der Waals surface area contributed by atoms with Crippen molar-refractivity contribution in [3.63, 3.8) is 0 Å². The highest BCUT2D eigenvalue weighted by Gasteiger charge is 1.92. The zero-order chi connectivity index (χ0) is 5.98. The molecule has 0 saturated carbocycles. The maximum absolute atomic E-state index is 3.92. The molecule has 8 heavy (non-hydrogen) atoms. The minimum absolute atomic E-state index is 0.921. The summed E-state index contributed by atoms with van der Waals surface area (Å²) in [5.74, 6) is 0. The number of nitrogens with zero attached hydrogens (tertiary/aromatic N) is 2. The van der Waals surface area contributed by atoms with Crippen LogP contribution in [0.1, 0.15) is 11.9 Å². The molecule has 1 aromatic rings. The lowest BCUT2D eigenvalue weighted by atomic mass is 10.4. The Kier molecular flexibility index (Phi) is 1.39. The lowest BCUT2D eigenvalue weighted by molar-refractivity contribution is 1.30. The van der Waals surface area contributed by atoms with Crippen LogP contribution in [0.2, 0.25) is 0 Å². The van der Waals surface area contributed by atoms with Crippen molar-refractivity contribution < 1.29 is 0 Å². The molecule has 1 aromatic heterocycles. The van der Waals surface area contributed by atoms with Crippen molar-refractivity contribution in [3.8, 4) is 0 Å². The van der Waals surface area contributed by atoms with Gasteiger partial charge < -0.3 is 0 Å². The first-order valence-corrected chi connectivity index (χ1v) is 3.00. The smallest absolute Gasteiger partial charge is 0.138 e. The van der Waals surface area contributed by atoms with Gasteiger partial charge in [0, 0.05) is 0 Å². The monoisotopic (exact) mass is 126 g/mol. The Labute approximate surface area is 52.1 Å². The summed E-state index contributed by atoms with van der Waals surface area (Å²) in [6.45, 7) is 5.62. The number of hydrogen-bond acceptors (Lipinski definition) is 3. The van der Waals surface area contributed by atoms with Gasteiger partial charge >= 0.3 is 0 Å². The average Bonchev–Trinajstić information content (AvgIpc) is 2.12. The Bertz CT molecular complexity index is 178. The highest BCUT2D eigenvalue weighted by atomic mass is 32.1. The molecule has 0 spiro atoms. The predicted octanol–water partition coefficient (Wildman–Crippen LogP) is 1.57. The van der Waals surface area contributed by atoms with E-state index in [2.05, 4.69) is 15.9 Å². The first-order valence-electron chi connectivity index (χ1n) is 2.23. The maximum atomic E-state index is 3.92. The first kappa shape index (κ1) is 5.44. The minimum atomic E-state index is 0.921. The van der Waals surface area contributed by atoms with Gasteiger partial charge in [-0.3, -0.25) is 0 Å². The fraction of sp³-hybridized carbons (Fsp3) is 0.200. The van der Waals surface area contributed by atoms with Gasteiger partial charge in [-0.2, -0.15) is 4.37 Å². The normalized spacial score (nSPS) is 9.12. The van der Waals surface area contributed by atoms with Crippen LogP contribution in [0.5, 0.6) is 0 Å². The van der Waals surface area contributed by atoms with E-state index in [1.54, 1.807) is 0 Å². The molecule has 0 aliphatic heterocycles. The Hall–Kier alpha value is -0.700. The van der Waals surface area contributed by atoms with Crippen molar-refractivity contribution in [2.45, 2.75) is 6.92 Å². The van der Waals surface area contributed by atoms with Gasteiger partial charge in [0.15, 0.2) is 0 Å². The molecule has 0 radical (unpaired) electrons. The lowest BCUT2D eigenvalue weighted by Gasteiger charge is -1.83. The van der Waals surface area contributed by atoms with E-state index >= 15 is 0 Å². The van der Waals surface area contributed by atoms with Crippen LogP contribution < -0.4 is 0 Å². The van der Waals surface area contributed by atoms with Crippen LogP contribution in [-0.2, 0) is 0 Å². The summed E-state index contributed by atoms with van der Waals surface area (Å²) >= 11 is 1.37. The second-order valence-electron chi connectivity index (χ2n) is 1.53. The highest BCUT2D eigenvalue weighted by Crippen LogP contribution is 2.09. The van der Waals surface area contributed by atoms with Crippen LogP contribution in [0, 0.1) is 0 Å². The SMILES string of the molecule is C=C(C)c1ncns1. The van der Waals surface area contributed by atoms with Crippen molar-refractivity contribution >= 4 is 17.1 Å². The van der Waals surface area contributed by atoms with Crippen molar-refractivity contribution in [1.82, 2.24) is 9.36 Å². The van der Waals surface area contributed by atoms with Crippen molar-refractivity contribution in [2.24, 2.45) is 0 Å². The van der Waals surface area contributed by atoms with Gasteiger partial charge in [0.1, 0.15) is 11.3 Å². The summed E-state index contributed by atoms with van der Waals surface area (Å²) in [6.07, 6.45) is 1.54. The molecular formula is C5H6N2S. The lowest BCUT2D eigenvalue weighted by Crippen LogP contribution is -1.69. The second-order valence-corrected chi connectivity index (χ2v) is 2.31. The zero-order valence-corrected chi connectivity index (χ0v) is 5.40. The summed E-state index contributed by atoms with van der Waals surface area (Å²) in [4.78, 5) is 3.92. The molecule has 3 heteroatoms. The fourth-order valence-corrected chi connectivity index (χ4v) is 0.805. The fourth-order valence-electron chi connectivity index (χ4n) is 0.361. The molecule has 0 aliphatic carbocycles. The molecule has 0 aromatic carbocycles. The van der Waals surface area contributed by atoms with E-state index in [4.69, 9.17) is 0 Å². The minimum Gasteiger partial charge on any atom is -0.223 e. The number of allylic oxidation sites excluding steroid dienone is 1. The molecule has 0 saturated heterocycles. The van der Waals surface area contributed by atoms with Crippen LogP contribution in [0.3, 0.4) is 0 Å². The van der Waals surface area contributed by atoms with Gasteiger partial charge in [0.05, 0.1) is 0 Å². The predicted molar refractivity (Wildman–Crippen MR) is 34.6 cm³/mol. The van der Waals surface area contributed by atoms with Crippen LogP contribution >= 0.6 is 11.5 Å². The Morgan fingerprint density at radius 3 is 2.88 bits per heavy atom. The molecular weight excluding hydrogens is 120 g/mol. The molecule has 0 aliphatic rings. The van der Waals surface area contributed by atoms with Gasteiger partial charge in [-0.15, -0.1) is 0 Å². The second kappa shape index (κ2) is 2.05. The first-order chi connectivity index (χ1) is 3.80.